The van der Waals surface area contributed by atoms with Gasteiger partial charge in [-0.05, 0) is 31.0 Å². The van der Waals surface area contributed by atoms with Gasteiger partial charge in [-0.2, -0.15) is 0 Å². The Hall–Kier alpha value is -0.840. The van der Waals surface area contributed by atoms with E-state index in [2.05, 4.69) is 0 Å². The van der Waals surface area contributed by atoms with Crippen LogP contribution >= 0.6 is 23.8 Å². The second-order valence-electron chi connectivity index (χ2n) is 3.56. The summed E-state index contributed by atoms with van der Waals surface area (Å²) >= 11 is 10.9. The summed E-state index contributed by atoms with van der Waals surface area (Å²) in [4.78, 5) is 0.332. The number of benzene rings is 1. The molecule has 0 unspecified atom stereocenters. The zero-order valence-electron chi connectivity index (χ0n) is 9.74. The molecule has 0 atom stereocenters. The minimum atomic E-state index is 0.332. The van der Waals surface area contributed by atoms with Gasteiger partial charge in [-0.25, -0.2) is 0 Å². The molecule has 17 heavy (non-hydrogen) atoms. The summed E-state index contributed by atoms with van der Waals surface area (Å²) < 4.78 is 10.5. The minimum Gasteiger partial charge on any atom is -0.492 e. The molecule has 1 aromatic carbocycles. The molecule has 0 amide bonds. The van der Waals surface area contributed by atoms with Crippen molar-refractivity contribution in [3.63, 3.8) is 0 Å². The summed E-state index contributed by atoms with van der Waals surface area (Å²) in [6.07, 6.45) is 1.90. The van der Waals surface area contributed by atoms with Crippen LogP contribution in [0.15, 0.2) is 18.2 Å². The van der Waals surface area contributed by atoms with E-state index in [0.717, 1.165) is 25.0 Å². The monoisotopic (exact) mass is 273 g/mol. The van der Waals surface area contributed by atoms with Crippen molar-refractivity contribution in [3.05, 3.63) is 28.8 Å². The zero-order chi connectivity index (χ0) is 12.7. The molecule has 1 aromatic rings. The first-order valence-electron chi connectivity index (χ1n) is 5.36. The number of ether oxygens (including phenoxy) is 2. The van der Waals surface area contributed by atoms with Crippen LogP contribution < -0.4 is 10.5 Å². The predicted molar refractivity (Wildman–Crippen MR) is 73.9 cm³/mol. The Kier molecular flexibility index (Phi) is 6.26. The highest BCUT2D eigenvalue weighted by molar-refractivity contribution is 7.80. The lowest BCUT2D eigenvalue weighted by Gasteiger charge is -2.09. The first kappa shape index (κ1) is 14.2. The smallest absolute Gasteiger partial charge is 0.137 e. The molecule has 1 rings (SSSR count). The van der Waals surface area contributed by atoms with Gasteiger partial charge in [0.05, 0.1) is 11.6 Å². The normalized spacial score (nSPS) is 10.2. The molecule has 94 valence electrons. The molecule has 0 bridgehead atoms. The second kappa shape index (κ2) is 7.48. The molecule has 0 saturated heterocycles. The molecule has 0 aliphatic heterocycles. The number of halogens is 1. The van der Waals surface area contributed by atoms with Gasteiger partial charge in [-0.1, -0.05) is 23.8 Å². The van der Waals surface area contributed by atoms with Crippen molar-refractivity contribution in [2.75, 3.05) is 20.3 Å². The Morgan fingerprint density at radius 2 is 2.06 bits per heavy atom. The molecule has 0 fully saturated rings. The standard InChI is InChI=1S/C12H16ClNO2S/c1-15-6-2-3-7-16-11-5-4-9(12(14)17)8-10(11)13/h4-5,8H,2-3,6-7H2,1H3,(H2,14,17). The van der Waals surface area contributed by atoms with Crippen LogP contribution in [0, 0.1) is 0 Å². The van der Waals surface area contributed by atoms with E-state index in [0.29, 0.717) is 22.4 Å². The first-order chi connectivity index (χ1) is 8.15. The molecule has 0 aliphatic rings. The van der Waals surface area contributed by atoms with E-state index < -0.39 is 0 Å². The maximum absolute atomic E-state index is 6.05. The number of hydrogen-bond donors (Lipinski definition) is 1. The van der Waals surface area contributed by atoms with Crippen molar-refractivity contribution >= 4 is 28.8 Å². The third-order valence-corrected chi connectivity index (χ3v) is 2.75. The quantitative estimate of drug-likeness (QED) is 0.613. The maximum Gasteiger partial charge on any atom is 0.137 e. The van der Waals surface area contributed by atoms with Gasteiger partial charge in [0.1, 0.15) is 10.7 Å². The van der Waals surface area contributed by atoms with Gasteiger partial charge in [-0.15, -0.1) is 0 Å². The van der Waals surface area contributed by atoms with Crippen LogP contribution in [-0.2, 0) is 4.74 Å². The third-order valence-electron chi connectivity index (χ3n) is 2.22. The van der Waals surface area contributed by atoms with Crippen molar-refractivity contribution in [3.8, 4) is 5.75 Å². The number of hydrogen-bond acceptors (Lipinski definition) is 3. The Morgan fingerprint density at radius 3 is 2.65 bits per heavy atom. The van der Waals surface area contributed by atoms with Gasteiger partial charge in [0.15, 0.2) is 0 Å². The fraction of sp³-hybridized carbons (Fsp3) is 0.417. The molecule has 0 aromatic heterocycles. The van der Waals surface area contributed by atoms with Gasteiger partial charge >= 0.3 is 0 Å². The average Bonchev–Trinajstić information content (AvgIpc) is 2.30. The van der Waals surface area contributed by atoms with Gasteiger partial charge in [0.2, 0.25) is 0 Å². The Morgan fingerprint density at radius 1 is 1.35 bits per heavy atom. The number of nitrogens with two attached hydrogens (primary N) is 1. The van der Waals surface area contributed by atoms with Gasteiger partial charge < -0.3 is 15.2 Å². The number of unbranched alkanes of at least 4 members (excludes halogenated alkanes) is 1. The van der Waals surface area contributed by atoms with Crippen LogP contribution in [0.1, 0.15) is 18.4 Å². The second-order valence-corrected chi connectivity index (χ2v) is 4.40. The molecule has 0 radical (unpaired) electrons. The lowest BCUT2D eigenvalue weighted by Crippen LogP contribution is -2.09. The topological polar surface area (TPSA) is 44.5 Å². The number of methoxy groups -OCH3 is 1. The molecule has 3 nitrogen and oxygen atoms in total. The lowest BCUT2D eigenvalue weighted by molar-refractivity contribution is 0.184. The van der Waals surface area contributed by atoms with Crippen LogP contribution in [0.4, 0.5) is 0 Å². The summed E-state index contributed by atoms with van der Waals surface area (Å²) in [6, 6.07) is 5.31. The largest absolute Gasteiger partial charge is 0.492 e. The Bertz CT molecular complexity index is 385. The molecule has 0 spiro atoms. The number of rotatable bonds is 7. The van der Waals surface area contributed by atoms with Crippen LogP contribution in [0.5, 0.6) is 5.75 Å². The molecular weight excluding hydrogens is 258 g/mol. The maximum atomic E-state index is 6.05. The molecule has 0 heterocycles. The number of thiocarbonyl (C=S) groups is 1. The van der Waals surface area contributed by atoms with E-state index in [1.165, 1.54) is 0 Å². The van der Waals surface area contributed by atoms with Crippen molar-refractivity contribution < 1.29 is 9.47 Å². The Labute approximate surface area is 112 Å². The van der Waals surface area contributed by atoms with E-state index in [9.17, 15) is 0 Å². The lowest BCUT2D eigenvalue weighted by atomic mass is 10.2. The van der Waals surface area contributed by atoms with E-state index in [-0.39, 0.29) is 0 Å². The SMILES string of the molecule is COCCCCOc1ccc(C(N)=S)cc1Cl. The van der Waals surface area contributed by atoms with E-state index in [1.54, 1.807) is 25.3 Å². The summed E-state index contributed by atoms with van der Waals surface area (Å²) in [5.74, 6) is 0.657. The fourth-order valence-corrected chi connectivity index (χ4v) is 1.66. The highest BCUT2D eigenvalue weighted by atomic mass is 35.5. The molecule has 2 N–H and O–H groups in total. The van der Waals surface area contributed by atoms with Crippen LogP contribution in [0.2, 0.25) is 5.02 Å². The zero-order valence-corrected chi connectivity index (χ0v) is 11.3. The molecule has 0 aliphatic carbocycles. The van der Waals surface area contributed by atoms with Crippen molar-refractivity contribution in [1.82, 2.24) is 0 Å². The molecule has 0 saturated carbocycles. The summed E-state index contributed by atoms with van der Waals surface area (Å²) in [5.41, 5.74) is 6.25. The summed E-state index contributed by atoms with van der Waals surface area (Å²) in [5, 5.41) is 0.530. The minimum absolute atomic E-state index is 0.332. The molecule has 5 heteroatoms. The van der Waals surface area contributed by atoms with Crippen LogP contribution in [0.3, 0.4) is 0 Å². The van der Waals surface area contributed by atoms with Crippen LogP contribution in [-0.4, -0.2) is 25.3 Å². The fourth-order valence-electron chi connectivity index (χ4n) is 1.30. The third kappa shape index (κ3) is 4.89. The van der Waals surface area contributed by atoms with Gasteiger partial charge in [-0.3, -0.25) is 0 Å². The highest BCUT2D eigenvalue weighted by Gasteiger charge is 2.04. The van der Waals surface area contributed by atoms with E-state index >= 15 is 0 Å². The molecular formula is C12H16ClNO2S. The van der Waals surface area contributed by atoms with E-state index in [4.69, 9.17) is 39.0 Å². The highest BCUT2D eigenvalue weighted by Crippen LogP contribution is 2.25. The van der Waals surface area contributed by atoms with Crippen molar-refractivity contribution in [2.24, 2.45) is 5.73 Å². The first-order valence-corrected chi connectivity index (χ1v) is 6.15. The van der Waals surface area contributed by atoms with Gasteiger partial charge in [0.25, 0.3) is 0 Å². The van der Waals surface area contributed by atoms with E-state index in [1.807, 2.05) is 0 Å². The summed E-state index contributed by atoms with van der Waals surface area (Å²) in [7, 11) is 1.69. The van der Waals surface area contributed by atoms with Crippen LogP contribution in [0.25, 0.3) is 0 Å². The predicted octanol–water partition coefficient (Wildman–Crippen LogP) is 2.78. The van der Waals surface area contributed by atoms with Gasteiger partial charge in [0, 0.05) is 19.3 Å². The average molecular weight is 274 g/mol. The summed E-state index contributed by atoms with van der Waals surface area (Å²) in [6.45, 7) is 1.37. The Balaban J connectivity index is 2.46. The van der Waals surface area contributed by atoms with Crippen molar-refractivity contribution in [2.45, 2.75) is 12.8 Å². The van der Waals surface area contributed by atoms with Crippen molar-refractivity contribution in [1.29, 1.82) is 0 Å².